The number of carbonyl (C=O) groups is 1. The minimum absolute atomic E-state index is 0.0601. The van der Waals surface area contributed by atoms with Gasteiger partial charge in [0, 0.05) is 25.3 Å². The molecule has 1 fully saturated rings. The van der Waals surface area contributed by atoms with Crippen LogP contribution in [0.25, 0.3) is 0 Å². The zero-order chi connectivity index (χ0) is 16.9. The van der Waals surface area contributed by atoms with Crippen molar-refractivity contribution in [3.8, 4) is 0 Å². The second-order valence-electron chi connectivity index (χ2n) is 5.86. The van der Waals surface area contributed by atoms with Crippen LogP contribution < -0.4 is 5.32 Å². The summed E-state index contributed by atoms with van der Waals surface area (Å²) in [5.41, 5.74) is 0. The van der Waals surface area contributed by atoms with Gasteiger partial charge in [0.2, 0.25) is 5.91 Å². The first-order valence-electron chi connectivity index (χ1n) is 7.98. The Labute approximate surface area is 137 Å². The maximum Gasteiger partial charge on any atom is 0.240 e. The number of sulfone groups is 1. The average Bonchev–Trinajstić information content (AvgIpc) is 2.55. The van der Waals surface area contributed by atoms with Crippen LogP contribution >= 0.6 is 0 Å². The van der Waals surface area contributed by atoms with Gasteiger partial charge in [0.15, 0.2) is 9.84 Å². The van der Waals surface area contributed by atoms with Crippen LogP contribution in [0.3, 0.4) is 0 Å². The lowest BCUT2D eigenvalue weighted by Crippen LogP contribution is -2.48. The molecule has 1 N–H and O–H groups in total. The van der Waals surface area contributed by atoms with Gasteiger partial charge in [-0.15, -0.1) is 5.10 Å². The minimum Gasteiger partial charge on any atom is -0.366 e. The van der Waals surface area contributed by atoms with Gasteiger partial charge in [0.1, 0.15) is 11.1 Å². The molecule has 1 amide bonds. The summed E-state index contributed by atoms with van der Waals surface area (Å²) in [5, 5.41) is 10.1. The smallest absolute Gasteiger partial charge is 0.240 e. The summed E-state index contributed by atoms with van der Waals surface area (Å²) < 4.78 is 24.1. The molecule has 1 aromatic rings. The van der Waals surface area contributed by atoms with Crippen LogP contribution in [0.5, 0.6) is 0 Å². The lowest BCUT2D eigenvalue weighted by atomic mass is 10.0. The van der Waals surface area contributed by atoms with Gasteiger partial charge < -0.3 is 10.2 Å². The van der Waals surface area contributed by atoms with Gasteiger partial charge in [-0.3, -0.25) is 4.79 Å². The van der Waals surface area contributed by atoms with E-state index >= 15 is 0 Å². The summed E-state index contributed by atoms with van der Waals surface area (Å²) in [5.74, 6) is 0.498. The standard InChI is InChI=1S/C15H24N4O3S/c1-3-11-23(21,22)12(2)15(20)19-9-6-13(7-10-19)17-14-5-4-8-16-18-14/h4-5,8,12-13H,3,6-7,9-11H2,1-2H3,(H,17,18)/t12-/m1/s1. The van der Waals surface area contributed by atoms with E-state index in [-0.39, 0.29) is 17.7 Å². The highest BCUT2D eigenvalue weighted by Crippen LogP contribution is 2.17. The normalized spacial score (nSPS) is 17.7. The Bertz CT molecular complexity index is 613. The summed E-state index contributed by atoms with van der Waals surface area (Å²) >= 11 is 0. The molecule has 0 spiro atoms. The van der Waals surface area contributed by atoms with E-state index in [9.17, 15) is 13.2 Å². The first kappa shape index (κ1) is 17.7. The molecular formula is C15H24N4O3S. The zero-order valence-electron chi connectivity index (χ0n) is 13.6. The molecule has 0 radical (unpaired) electrons. The van der Waals surface area contributed by atoms with Crippen LogP contribution in [0.1, 0.15) is 33.1 Å². The van der Waals surface area contributed by atoms with Crippen molar-refractivity contribution in [2.75, 3.05) is 24.2 Å². The topological polar surface area (TPSA) is 92.3 Å². The summed E-state index contributed by atoms with van der Waals surface area (Å²) in [6.45, 7) is 4.42. The number of carbonyl (C=O) groups excluding carboxylic acids is 1. The van der Waals surface area contributed by atoms with Crippen molar-refractivity contribution in [2.45, 2.75) is 44.4 Å². The summed E-state index contributed by atoms with van der Waals surface area (Å²) in [4.78, 5) is 14.0. The van der Waals surface area contributed by atoms with Crippen LogP contribution in [-0.4, -0.2) is 59.6 Å². The summed E-state index contributed by atoms with van der Waals surface area (Å²) in [6.07, 6.45) is 3.68. The van der Waals surface area contributed by atoms with Gasteiger partial charge in [0.05, 0.1) is 5.75 Å². The Balaban J connectivity index is 1.87. The van der Waals surface area contributed by atoms with E-state index in [2.05, 4.69) is 15.5 Å². The molecule has 1 aliphatic rings. The van der Waals surface area contributed by atoms with E-state index < -0.39 is 15.1 Å². The van der Waals surface area contributed by atoms with Gasteiger partial charge in [-0.2, -0.15) is 5.10 Å². The number of nitrogens with one attached hydrogen (secondary N) is 1. The van der Waals surface area contributed by atoms with Gasteiger partial charge in [-0.25, -0.2) is 8.42 Å². The highest BCUT2D eigenvalue weighted by Gasteiger charge is 2.32. The molecule has 8 heteroatoms. The van der Waals surface area contributed by atoms with Crippen LogP contribution in [-0.2, 0) is 14.6 Å². The number of anilines is 1. The number of nitrogens with zero attached hydrogens (tertiary/aromatic N) is 3. The predicted octanol–water partition coefficient (Wildman–Crippen LogP) is 1.09. The molecule has 2 heterocycles. The molecule has 128 valence electrons. The fraction of sp³-hybridized carbons (Fsp3) is 0.667. The molecule has 7 nitrogen and oxygen atoms in total. The Morgan fingerprint density at radius 2 is 2.13 bits per heavy atom. The number of hydrogen-bond donors (Lipinski definition) is 1. The third-order valence-corrected chi connectivity index (χ3v) is 6.36. The van der Waals surface area contributed by atoms with E-state index in [1.165, 1.54) is 6.92 Å². The highest BCUT2D eigenvalue weighted by atomic mass is 32.2. The van der Waals surface area contributed by atoms with Crippen molar-refractivity contribution in [3.05, 3.63) is 18.3 Å². The molecule has 0 saturated carbocycles. The summed E-state index contributed by atoms with van der Waals surface area (Å²) in [7, 11) is -3.35. The molecule has 1 aliphatic heterocycles. The Kier molecular flexibility index (Phi) is 5.92. The fourth-order valence-electron chi connectivity index (χ4n) is 2.70. The molecular weight excluding hydrogens is 316 g/mol. The van der Waals surface area contributed by atoms with Crippen molar-refractivity contribution in [2.24, 2.45) is 0 Å². The number of piperidine rings is 1. The van der Waals surface area contributed by atoms with E-state index in [1.807, 2.05) is 12.1 Å². The number of likely N-dealkylation sites (tertiary alicyclic amines) is 1. The van der Waals surface area contributed by atoms with Crippen LogP contribution in [0, 0.1) is 0 Å². The Morgan fingerprint density at radius 1 is 1.43 bits per heavy atom. The molecule has 1 saturated heterocycles. The SMILES string of the molecule is CCCS(=O)(=O)[C@H](C)C(=O)N1CCC(Nc2cccnn2)CC1. The fourth-order valence-corrected chi connectivity index (χ4v) is 4.08. The lowest BCUT2D eigenvalue weighted by molar-refractivity contribution is -0.131. The lowest BCUT2D eigenvalue weighted by Gasteiger charge is -2.33. The molecule has 1 aromatic heterocycles. The van der Waals surface area contributed by atoms with Crippen molar-refractivity contribution in [1.29, 1.82) is 0 Å². The van der Waals surface area contributed by atoms with Crippen molar-refractivity contribution in [3.63, 3.8) is 0 Å². The largest absolute Gasteiger partial charge is 0.366 e. The third-order valence-electron chi connectivity index (χ3n) is 4.11. The molecule has 2 rings (SSSR count). The number of aromatic nitrogens is 2. The van der Waals surface area contributed by atoms with Crippen molar-refractivity contribution < 1.29 is 13.2 Å². The van der Waals surface area contributed by atoms with E-state index in [4.69, 9.17) is 0 Å². The van der Waals surface area contributed by atoms with Crippen LogP contribution in [0.15, 0.2) is 18.3 Å². The number of hydrogen-bond acceptors (Lipinski definition) is 6. The van der Waals surface area contributed by atoms with Gasteiger partial charge in [0.25, 0.3) is 0 Å². The third kappa shape index (κ3) is 4.63. The second-order valence-corrected chi connectivity index (χ2v) is 8.30. The van der Waals surface area contributed by atoms with Crippen LogP contribution in [0.4, 0.5) is 5.82 Å². The van der Waals surface area contributed by atoms with Gasteiger partial charge in [-0.05, 0) is 38.3 Å². The van der Waals surface area contributed by atoms with E-state index in [0.29, 0.717) is 19.5 Å². The van der Waals surface area contributed by atoms with Gasteiger partial charge >= 0.3 is 0 Å². The van der Waals surface area contributed by atoms with Crippen molar-refractivity contribution in [1.82, 2.24) is 15.1 Å². The molecule has 23 heavy (non-hydrogen) atoms. The second kappa shape index (κ2) is 7.72. The molecule has 0 aliphatic carbocycles. The maximum absolute atomic E-state index is 12.4. The van der Waals surface area contributed by atoms with Crippen molar-refractivity contribution >= 4 is 21.6 Å². The highest BCUT2D eigenvalue weighted by molar-refractivity contribution is 7.92. The Morgan fingerprint density at radius 3 is 2.70 bits per heavy atom. The van der Waals surface area contributed by atoms with E-state index in [1.54, 1.807) is 18.0 Å². The monoisotopic (exact) mass is 340 g/mol. The van der Waals surface area contributed by atoms with E-state index in [0.717, 1.165) is 18.7 Å². The first-order chi connectivity index (χ1) is 10.9. The summed E-state index contributed by atoms with van der Waals surface area (Å²) in [6, 6.07) is 3.89. The average molecular weight is 340 g/mol. The maximum atomic E-state index is 12.4. The molecule has 1 atom stereocenters. The number of amides is 1. The van der Waals surface area contributed by atoms with Crippen LogP contribution in [0.2, 0.25) is 0 Å². The minimum atomic E-state index is -3.35. The Hall–Kier alpha value is -1.70. The number of rotatable bonds is 6. The quantitative estimate of drug-likeness (QED) is 0.833. The predicted molar refractivity (Wildman–Crippen MR) is 88.8 cm³/mol. The molecule has 0 bridgehead atoms. The molecule has 0 aromatic carbocycles. The zero-order valence-corrected chi connectivity index (χ0v) is 14.4. The first-order valence-corrected chi connectivity index (χ1v) is 9.70. The molecule has 0 unspecified atom stereocenters. The van der Waals surface area contributed by atoms with Gasteiger partial charge in [-0.1, -0.05) is 6.92 Å².